The highest BCUT2D eigenvalue weighted by molar-refractivity contribution is 9.09. The monoisotopic (exact) mass is 281 g/mol. The number of esters is 1. The zero-order chi connectivity index (χ0) is 12.2. The van der Waals surface area contributed by atoms with Crippen molar-refractivity contribution >= 4 is 27.9 Å². The molecule has 0 aromatic rings. The number of carboxylic acids is 1. The number of carbonyl (C=O) groups excluding carboxylic acids is 1. The third-order valence-electron chi connectivity index (χ3n) is 1.45. The fourth-order valence-corrected chi connectivity index (χ4v) is 1.27. The third kappa shape index (κ3) is 6.46. The zero-order valence-corrected chi connectivity index (χ0v) is 10.6. The van der Waals surface area contributed by atoms with Crippen LogP contribution in [0.15, 0.2) is 0 Å². The van der Waals surface area contributed by atoms with Crippen molar-refractivity contribution in [3.63, 3.8) is 0 Å². The lowest BCUT2D eigenvalue weighted by atomic mass is 10.1. The molecule has 0 fully saturated rings. The minimum atomic E-state index is -1.22. The molecule has 3 N–H and O–H groups in total. The molecule has 0 aromatic carbocycles. The van der Waals surface area contributed by atoms with Gasteiger partial charge in [-0.15, -0.1) is 0 Å². The third-order valence-corrected chi connectivity index (χ3v) is 1.82. The maximum absolute atomic E-state index is 11.5. The molecule has 0 bridgehead atoms. The summed E-state index contributed by atoms with van der Waals surface area (Å²) in [6.45, 7) is 5.04. The fraction of sp³-hybridized carbons (Fsp3) is 0.778. The smallest absolute Gasteiger partial charge is 0.320 e. The van der Waals surface area contributed by atoms with Gasteiger partial charge in [0.2, 0.25) is 0 Å². The number of halogens is 1. The molecule has 2 unspecified atom stereocenters. The van der Waals surface area contributed by atoms with Crippen LogP contribution in [0, 0.1) is 5.92 Å². The van der Waals surface area contributed by atoms with Crippen molar-refractivity contribution < 1.29 is 19.4 Å². The first-order valence-corrected chi connectivity index (χ1v) is 5.40. The van der Waals surface area contributed by atoms with Gasteiger partial charge in [0.1, 0.15) is 5.60 Å². The van der Waals surface area contributed by atoms with Crippen LogP contribution in [0.3, 0.4) is 0 Å². The molecule has 0 spiro atoms. The minimum absolute atomic E-state index is 0.00421. The second-order valence-electron chi connectivity index (χ2n) is 4.18. The highest BCUT2D eigenvalue weighted by atomic mass is 79.9. The summed E-state index contributed by atoms with van der Waals surface area (Å²) in [4.78, 5) is 21.7. The Morgan fingerprint density at radius 1 is 1.47 bits per heavy atom. The highest BCUT2D eigenvalue weighted by Crippen LogP contribution is 2.16. The molecule has 0 amide bonds. The first kappa shape index (κ1) is 14.4. The molecular formula is C9H16BrNO4. The Kier molecular flexibility index (Phi) is 5.23. The van der Waals surface area contributed by atoms with Gasteiger partial charge in [0.05, 0.1) is 4.95 Å². The topological polar surface area (TPSA) is 89.6 Å². The number of alkyl halides is 1. The number of carbonyl (C=O) groups is 2. The Bertz CT molecular complexity index is 247. The summed E-state index contributed by atoms with van der Waals surface area (Å²) < 4.78 is 4.97. The summed E-state index contributed by atoms with van der Waals surface area (Å²) in [5.74, 6) is -3.21. The van der Waals surface area contributed by atoms with Crippen LogP contribution in [0.4, 0.5) is 0 Å². The van der Waals surface area contributed by atoms with Gasteiger partial charge in [-0.2, -0.15) is 0 Å². The number of hydrogen-bond acceptors (Lipinski definition) is 4. The number of hydrogen-bond donors (Lipinski definition) is 2. The molecule has 0 radical (unpaired) electrons. The van der Waals surface area contributed by atoms with Gasteiger partial charge >= 0.3 is 11.9 Å². The van der Waals surface area contributed by atoms with E-state index in [0.717, 1.165) is 0 Å². The summed E-state index contributed by atoms with van der Waals surface area (Å²) in [5.41, 5.74) is 4.68. The van der Waals surface area contributed by atoms with Crippen LogP contribution >= 0.6 is 15.9 Å². The van der Waals surface area contributed by atoms with E-state index < -0.39 is 28.4 Å². The molecule has 0 aromatic heterocycles. The second-order valence-corrected chi connectivity index (χ2v) is 5.35. The SMILES string of the molecule is CC(C)(C)OC(=O)C(CC(N)Br)C(=O)O. The summed E-state index contributed by atoms with van der Waals surface area (Å²) >= 11 is 3.00. The van der Waals surface area contributed by atoms with Gasteiger partial charge in [0.25, 0.3) is 0 Å². The normalized spacial score (nSPS) is 15.5. The van der Waals surface area contributed by atoms with E-state index in [1.54, 1.807) is 20.8 Å². The van der Waals surface area contributed by atoms with E-state index in [1.807, 2.05) is 0 Å². The molecule has 2 atom stereocenters. The molecule has 15 heavy (non-hydrogen) atoms. The van der Waals surface area contributed by atoms with Gasteiger partial charge in [-0.05, 0) is 27.2 Å². The maximum Gasteiger partial charge on any atom is 0.320 e. The quantitative estimate of drug-likeness (QED) is 0.349. The fourth-order valence-electron chi connectivity index (χ4n) is 0.896. The largest absolute Gasteiger partial charge is 0.481 e. The van der Waals surface area contributed by atoms with Crippen LogP contribution in [0.2, 0.25) is 0 Å². The number of ether oxygens (including phenoxy) is 1. The van der Waals surface area contributed by atoms with Crippen molar-refractivity contribution in [3.8, 4) is 0 Å². The van der Waals surface area contributed by atoms with Gasteiger partial charge < -0.3 is 15.6 Å². The summed E-state index contributed by atoms with van der Waals surface area (Å²) in [6, 6.07) is 0. The van der Waals surface area contributed by atoms with Crippen LogP contribution in [0.1, 0.15) is 27.2 Å². The lowest BCUT2D eigenvalue weighted by Gasteiger charge is -2.22. The molecule has 5 nitrogen and oxygen atoms in total. The van der Waals surface area contributed by atoms with Crippen LogP contribution in [-0.2, 0) is 14.3 Å². The molecule has 0 saturated heterocycles. The molecule has 0 heterocycles. The lowest BCUT2D eigenvalue weighted by molar-refractivity contribution is -0.167. The summed E-state index contributed by atoms with van der Waals surface area (Å²) in [7, 11) is 0. The van der Waals surface area contributed by atoms with Gasteiger partial charge in [-0.25, -0.2) is 0 Å². The average Bonchev–Trinajstić information content (AvgIpc) is 1.95. The molecule has 0 aliphatic rings. The summed E-state index contributed by atoms with van der Waals surface area (Å²) in [5, 5.41) is 8.81. The van der Waals surface area contributed by atoms with Crippen LogP contribution < -0.4 is 5.73 Å². The van der Waals surface area contributed by atoms with Gasteiger partial charge in [0.15, 0.2) is 5.92 Å². The number of nitrogens with two attached hydrogens (primary N) is 1. The van der Waals surface area contributed by atoms with Crippen LogP contribution in [-0.4, -0.2) is 27.6 Å². The first-order valence-electron chi connectivity index (χ1n) is 4.49. The molecule has 0 aliphatic heterocycles. The Morgan fingerprint density at radius 3 is 2.20 bits per heavy atom. The number of rotatable bonds is 4. The van der Waals surface area contributed by atoms with Crippen molar-refractivity contribution in [1.82, 2.24) is 0 Å². The van der Waals surface area contributed by atoms with Gasteiger partial charge in [-0.1, -0.05) is 15.9 Å². The number of carboxylic acid groups (broad SMARTS) is 1. The molecule has 0 rings (SSSR count). The maximum atomic E-state index is 11.5. The molecule has 0 saturated carbocycles. The van der Waals surface area contributed by atoms with Crippen molar-refractivity contribution in [1.29, 1.82) is 0 Å². The lowest BCUT2D eigenvalue weighted by Crippen LogP contribution is -2.35. The van der Waals surface area contributed by atoms with E-state index in [1.165, 1.54) is 0 Å². The van der Waals surface area contributed by atoms with E-state index in [9.17, 15) is 9.59 Å². The Hall–Kier alpha value is -0.620. The minimum Gasteiger partial charge on any atom is -0.481 e. The van der Waals surface area contributed by atoms with E-state index in [4.69, 9.17) is 15.6 Å². The zero-order valence-electron chi connectivity index (χ0n) is 8.99. The van der Waals surface area contributed by atoms with Crippen molar-refractivity contribution in [2.24, 2.45) is 11.7 Å². The molecule has 0 aliphatic carbocycles. The first-order chi connectivity index (χ1) is 6.63. The molecular weight excluding hydrogens is 266 g/mol. The van der Waals surface area contributed by atoms with E-state index in [0.29, 0.717) is 0 Å². The Morgan fingerprint density at radius 2 is 1.93 bits per heavy atom. The predicted octanol–water partition coefficient (Wildman–Crippen LogP) is 1.10. The van der Waals surface area contributed by atoms with Crippen molar-refractivity contribution in [2.45, 2.75) is 37.7 Å². The van der Waals surface area contributed by atoms with Gasteiger partial charge in [0, 0.05) is 0 Å². The van der Waals surface area contributed by atoms with E-state index in [2.05, 4.69) is 15.9 Å². The van der Waals surface area contributed by atoms with Crippen LogP contribution in [0.25, 0.3) is 0 Å². The standard InChI is InChI=1S/C9H16BrNO4/c1-9(2,3)15-8(14)5(7(12)13)4-6(10)11/h5-6H,4,11H2,1-3H3,(H,12,13). The summed E-state index contributed by atoms with van der Waals surface area (Å²) in [6.07, 6.45) is 0.00421. The molecule has 6 heteroatoms. The Labute approximate surface area is 97.1 Å². The van der Waals surface area contributed by atoms with E-state index >= 15 is 0 Å². The van der Waals surface area contributed by atoms with E-state index in [-0.39, 0.29) is 6.42 Å². The Balaban J connectivity index is 4.50. The highest BCUT2D eigenvalue weighted by Gasteiger charge is 2.32. The second kappa shape index (κ2) is 5.46. The van der Waals surface area contributed by atoms with Crippen molar-refractivity contribution in [3.05, 3.63) is 0 Å². The predicted molar refractivity (Wildman–Crippen MR) is 58.5 cm³/mol. The van der Waals surface area contributed by atoms with Gasteiger partial charge in [-0.3, -0.25) is 9.59 Å². The average molecular weight is 282 g/mol. The van der Waals surface area contributed by atoms with Crippen molar-refractivity contribution in [2.75, 3.05) is 0 Å². The number of aliphatic carboxylic acids is 1. The van der Waals surface area contributed by atoms with Crippen LogP contribution in [0.5, 0.6) is 0 Å². The molecule has 88 valence electrons.